The standard InChI is InChI=1S/C18H15F3N2O2S/c1-11-6-8-13(9-7-11)26(24,25)23-15-10-16(18(19,20)21)22-17-12(2)4-3-5-14(15)17/h3-10H,1-2H3,(H,22,23). The molecule has 0 fully saturated rings. The summed E-state index contributed by atoms with van der Waals surface area (Å²) in [6, 6.07) is 11.5. The lowest BCUT2D eigenvalue weighted by Gasteiger charge is -2.15. The van der Waals surface area contributed by atoms with Gasteiger partial charge in [0, 0.05) is 5.39 Å². The number of benzene rings is 2. The van der Waals surface area contributed by atoms with Crippen molar-refractivity contribution in [2.75, 3.05) is 4.72 Å². The fraction of sp³-hybridized carbons (Fsp3) is 0.167. The Hall–Kier alpha value is -2.61. The van der Waals surface area contributed by atoms with E-state index in [0.29, 0.717) is 17.0 Å². The zero-order valence-corrected chi connectivity index (χ0v) is 14.7. The van der Waals surface area contributed by atoms with Crippen LogP contribution in [-0.2, 0) is 16.2 Å². The van der Waals surface area contributed by atoms with Gasteiger partial charge in [-0.2, -0.15) is 13.2 Å². The Kier molecular flexibility index (Phi) is 4.39. The Morgan fingerprint density at radius 3 is 2.27 bits per heavy atom. The van der Waals surface area contributed by atoms with Crippen molar-refractivity contribution in [2.24, 2.45) is 0 Å². The molecule has 0 bridgehead atoms. The number of alkyl halides is 3. The van der Waals surface area contributed by atoms with Gasteiger partial charge in [0.2, 0.25) is 0 Å². The summed E-state index contributed by atoms with van der Waals surface area (Å²) in [4.78, 5) is 3.63. The lowest BCUT2D eigenvalue weighted by molar-refractivity contribution is -0.140. The SMILES string of the molecule is Cc1ccc(S(=O)(=O)Nc2cc(C(F)(F)F)nc3c(C)cccc23)cc1. The van der Waals surface area contributed by atoms with E-state index in [4.69, 9.17) is 0 Å². The van der Waals surface area contributed by atoms with E-state index in [-0.39, 0.29) is 16.1 Å². The van der Waals surface area contributed by atoms with Crippen molar-refractivity contribution in [3.63, 3.8) is 0 Å². The molecule has 1 N–H and O–H groups in total. The monoisotopic (exact) mass is 380 g/mol. The lowest BCUT2D eigenvalue weighted by atomic mass is 10.1. The van der Waals surface area contributed by atoms with Gasteiger partial charge in [-0.15, -0.1) is 0 Å². The maximum atomic E-state index is 13.2. The number of rotatable bonds is 3. The molecule has 8 heteroatoms. The minimum absolute atomic E-state index is 0.0331. The number of anilines is 1. The molecular weight excluding hydrogens is 365 g/mol. The Morgan fingerprint density at radius 2 is 1.65 bits per heavy atom. The van der Waals surface area contributed by atoms with Gasteiger partial charge in [-0.25, -0.2) is 13.4 Å². The highest BCUT2D eigenvalue weighted by Gasteiger charge is 2.34. The van der Waals surface area contributed by atoms with Crippen molar-refractivity contribution in [3.05, 3.63) is 65.4 Å². The largest absolute Gasteiger partial charge is 0.433 e. The Morgan fingerprint density at radius 1 is 1.00 bits per heavy atom. The van der Waals surface area contributed by atoms with Gasteiger partial charge >= 0.3 is 6.18 Å². The first kappa shape index (κ1) is 18.2. The first-order chi connectivity index (χ1) is 12.1. The van der Waals surface area contributed by atoms with Crippen LogP contribution in [0, 0.1) is 13.8 Å². The summed E-state index contributed by atoms with van der Waals surface area (Å²) in [5.74, 6) is 0. The molecule has 0 aliphatic rings. The van der Waals surface area contributed by atoms with Gasteiger partial charge < -0.3 is 0 Å². The third kappa shape index (κ3) is 3.50. The van der Waals surface area contributed by atoms with E-state index in [1.54, 1.807) is 38.1 Å². The van der Waals surface area contributed by atoms with Gasteiger partial charge in [-0.05, 0) is 37.6 Å². The third-order valence-electron chi connectivity index (χ3n) is 3.91. The van der Waals surface area contributed by atoms with Crippen molar-refractivity contribution < 1.29 is 21.6 Å². The fourth-order valence-electron chi connectivity index (χ4n) is 2.54. The topological polar surface area (TPSA) is 59.1 Å². The normalized spacial score (nSPS) is 12.3. The predicted molar refractivity (Wildman–Crippen MR) is 93.5 cm³/mol. The molecule has 26 heavy (non-hydrogen) atoms. The van der Waals surface area contributed by atoms with Crippen LogP contribution in [0.3, 0.4) is 0 Å². The van der Waals surface area contributed by atoms with Crippen LogP contribution in [0.25, 0.3) is 10.9 Å². The highest BCUT2D eigenvalue weighted by molar-refractivity contribution is 7.92. The van der Waals surface area contributed by atoms with Gasteiger partial charge in [0.05, 0.1) is 16.1 Å². The number of para-hydroxylation sites is 1. The van der Waals surface area contributed by atoms with E-state index < -0.39 is 21.9 Å². The predicted octanol–water partition coefficient (Wildman–Crippen LogP) is 4.67. The highest BCUT2D eigenvalue weighted by atomic mass is 32.2. The van der Waals surface area contributed by atoms with E-state index >= 15 is 0 Å². The van der Waals surface area contributed by atoms with Gasteiger partial charge in [0.25, 0.3) is 10.0 Å². The van der Waals surface area contributed by atoms with Gasteiger partial charge in [-0.3, -0.25) is 4.72 Å². The Bertz CT molecular complexity index is 1080. The third-order valence-corrected chi connectivity index (χ3v) is 5.29. The lowest BCUT2D eigenvalue weighted by Crippen LogP contribution is -2.15. The molecule has 1 aromatic heterocycles. The number of nitrogens with zero attached hydrogens (tertiary/aromatic N) is 1. The second-order valence-corrected chi connectivity index (χ2v) is 7.62. The van der Waals surface area contributed by atoms with Crippen molar-refractivity contribution in [2.45, 2.75) is 24.9 Å². The van der Waals surface area contributed by atoms with E-state index in [0.717, 1.165) is 5.56 Å². The van der Waals surface area contributed by atoms with Crippen LogP contribution in [-0.4, -0.2) is 13.4 Å². The molecule has 3 rings (SSSR count). The summed E-state index contributed by atoms with van der Waals surface area (Å²) in [5.41, 5.74) is 0.175. The average molecular weight is 380 g/mol. The van der Waals surface area contributed by atoms with Crippen molar-refractivity contribution in [3.8, 4) is 0 Å². The van der Waals surface area contributed by atoms with Crippen molar-refractivity contribution in [1.82, 2.24) is 4.98 Å². The molecule has 0 saturated heterocycles. The van der Waals surface area contributed by atoms with Crippen LogP contribution in [0.15, 0.2) is 53.4 Å². The maximum absolute atomic E-state index is 13.2. The quantitative estimate of drug-likeness (QED) is 0.718. The molecule has 0 atom stereocenters. The van der Waals surface area contributed by atoms with E-state index in [1.165, 1.54) is 18.2 Å². The summed E-state index contributed by atoms with van der Waals surface area (Å²) in [7, 11) is -4.04. The summed E-state index contributed by atoms with van der Waals surface area (Å²) in [6.07, 6.45) is -4.69. The number of hydrogen-bond acceptors (Lipinski definition) is 3. The van der Waals surface area contributed by atoms with Gasteiger partial charge in [-0.1, -0.05) is 35.9 Å². The highest BCUT2D eigenvalue weighted by Crippen LogP contribution is 2.34. The molecule has 0 aliphatic heterocycles. The van der Waals surface area contributed by atoms with Crippen molar-refractivity contribution in [1.29, 1.82) is 0 Å². The molecule has 0 saturated carbocycles. The maximum Gasteiger partial charge on any atom is 0.433 e. The number of sulfonamides is 1. The number of aryl methyl sites for hydroxylation is 2. The van der Waals surface area contributed by atoms with Crippen LogP contribution in [0.2, 0.25) is 0 Å². The molecule has 0 amide bonds. The molecule has 1 heterocycles. The number of halogens is 3. The molecule has 3 aromatic rings. The minimum atomic E-state index is -4.69. The molecular formula is C18H15F3N2O2S. The minimum Gasteiger partial charge on any atom is -0.279 e. The van der Waals surface area contributed by atoms with Crippen LogP contribution in [0.5, 0.6) is 0 Å². The summed E-state index contributed by atoms with van der Waals surface area (Å²) >= 11 is 0. The van der Waals surface area contributed by atoms with Crippen LogP contribution < -0.4 is 4.72 Å². The van der Waals surface area contributed by atoms with Gasteiger partial charge in [0.1, 0.15) is 5.69 Å². The number of fused-ring (bicyclic) bond motifs is 1. The number of hydrogen-bond donors (Lipinski definition) is 1. The molecule has 0 radical (unpaired) electrons. The van der Waals surface area contributed by atoms with E-state index in [9.17, 15) is 21.6 Å². The second-order valence-electron chi connectivity index (χ2n) is 5.94. The summed E-state index contributed by atoms with van der Waals surface area (Å²) in [5, 5.41) is 0.300. The average Bonchev–Trinajstić information content (AvgIpc) is 2.55. The van der Waals surface area contributed by atoms with Crippen LogP contribution >= 0.6 is 0 Å². The molecule has 2 aromatic carbocycles. The number of aromatic nitrogens is 1. The molecule has 0 unspecified atom stereocenters. The van der Waals surface area contributed by atoms with Gasteiger partial charge in [0.15, 0.2) is 0 Å². The smallest absolute Gasteiger partial charge is 0.279 e. The van der Waals surface area contributed by atoms with Crippen LogP contribution in [0.1, 0.15) is 16.8 Å². The molecule has 0 aliphatic carbocycles. The zero-order valence-electron chi connectivity index (χ0n) is 13.9. The van der Waals surface area contributed by atoms with E-state index in [1.807, 2.05) is 0 Å². The fourth-order valence-corrected chi connectivity index (χ4v) is 3.61. The number of nitrogens with one attached hydrogen (secondary N) is 1. The second kappa shape index (κ2) is 6.28. The number of pyridine rings is 1. The molecule has 4 nitrogen and oxygen atoms in total. The summed E-state index contributed by atoms with van der Waals surface area (Å²) in [6.45, 7) is 3.42. The molecule has 0 spiro atoms. The zero-order chi connectivity index (χ0) is 19.1. The van der Waals surface area contributed by atoms with E-state index in [2.05, 4.69) is 9.71 Å². The molecule has 136 valence electrons. The first-order valence-electron chi connectivity index (χ1n) is 7.65. The summed E-state index contributed by atoms with van der Waals surface area (Å²) < 4.78 is 67.0. The van der Waals surface area contributed by atoms with Crippen molar-refractivity contribution >= 4 is 26.6 Å². The first-order valence-corrected chi connectivity index (χ1v) is 9.13. The Labute approximate surface area is 148 Å². The van der Waals surface area contributed by atoms with Crippen LogP contribution in [0.4, 0.5) is 18.9 Å². The Balaban J connectivity index is 2.17.